The highest BCUT2D eigenvalue weighted by Crippen LogP contribution is 2.20. The van der Waals surface area contributed by atoms with Gasteiger partial charge in [0.05, 0.1) is 0 Å². The Bertz CT molecular complexity index is 117. The van der Waals surface area contributed by atoms with Gasteiger partial charge in [0, 0.05) is 11.8 Å². The predicted molar refractivity (Wildman–Crippen MR) is 45.7 cm³/mol. The van der Waals surface area contributed by atoms with Gasteiger partial charge in [0.15, 0.2) is 0 Å². The summed E-state index contributed by atoms with van der Waals surface area (Å²) in [5.41, 5.74) is 1.24. The fourth-order valence-corrected chi connectivity index (χ4v) is 1.58. The van der Waals surface area contributed by atoms with E-state index in [9.17, 15) is 0 Å². The molecule has 1 fully saturated rings. The number of aliphatic imine (C=N–C) groups is 1. The van der Waals surface area contributed by atoms with Gasteiger partial charge in [-0.25, -0.2) is 0 Å². The molecule has 1 aliphatic carbocycles. The SMILES string of the molecule is CC(C)=NC1CCCCC1. The van der Waals surface area contributed by atoms with Crippen LogP contribution in [0.1, 0.15) is 46.0 Å². The summed E-state index contributed by atoms with van der Waals surface area (Å²) in [6.07, 6.45) is 6.86. The molecule has 1 rings (SSSR count). The molecule has 1 heteroatoms. The Morgan fingerprint density at radius 1 is 1.10 bits per heavy atom. The summed E-state index contributed by atoms with van der Waals surface area (Å²) < 4.78 is 0. The van der Waals surface area contributed by atoms with Crippen LogP contribution in [0.4, 0.5) is 0 Å². The molecule has 1 nitrogen and oxygen atoms in total. The van der Waals surface area contributed by atoms with Crippen molar-refractivity contribution in [1.29, 1.82) is 0 Å². The molecule has 58 valence electrons. The summed E-state index contributed by atoms with van der Waals surface area (Å²) in [5.74, 6) is 0. The van der Waals surface area contributed by atoms with Crippen LogP contribution in [0.5, 0.6) is 0 Å². The Labute approximate surface area is 63.5 Å². The molecule has 0 heterocycles. The zero-order valence-electron chi connectivity index (χ0n) is 7.06. The smallest absolute Gasteiger partial charge is 0.0498 e. The van der Waals surface area contributed by atoms with Crippen LogP contribution < -0.4 is 0 Å². The summed E-state index contributed by atoms with van der Waals surface area (Å²) in [6, 6.07) is 0.666. The van der Waals surface area contributed by atoms with Gasteiger partial charge in [0.1, 0.15) is 0 Å². The fraction of sp³-hybridized carbons (Fsp3) is 0.889. The van der Waals surface area contributed by atoms with E-state index in [-0.39, 0.29) is 0 Å². The van der Waals surface area contributed by atoms with Gasteiger partial charge in [-0.2, -0.15) is 0 Å². The molecule has 0 saturated heterocycles. The summed E-state index contributed by atoms with van der Waals surface area (Å²) in [4.78, 5) is 4.55. The van der Waals surface area contributed by atoms with Crippen LogP contribution in [0.25, 0.3) is 0 Å². The van der Waals surface area contributed by atoms with Crippen molar-refractivity contribution in [3.8, 4) is 0 Å². The van der Waals surface area contributed by atoms with Crippen molar-refractivity contribution in [3.63, 3.8) is 0 Å². The highest BCUT2D eigenvalue weighted by Gasteiger charge is 2.10. The lowest BCUT2D eigenvalue weighted by Crippen LogP contribution is -2.10. The first kappa shape index (κ1) is 7.77. The molecule has 0 bridgehead atoms. The second-order valence-corrected chi connectivity index (χ2v) is 3.37. The van der Waals surface area contributed by atoms with Crippen LogP contribution in [0.15, 0.2) is 4.99 Å². The second-order valence-electron chi connectivity index (χ2n) is 3.37. The quantitative estimate of drug-likeness (QED) is 0.495. The third-order valence-corrected chi connectivity index (χ3v) is 2.02. The Kier molecular flexibility index (Phi) is 2.91. The normalized spacial score (nSPS) is 20.6. The van der Waals surface area contributed by atoms with Crippen LogP contribution in [-0.4, -0.2) is 11.8 Å². The number of hydrogen-bond acceptors (Lipinski definition) is 1. The highest BCUT2D eigenvalue weighted by atomic mass is 14.8. The largest absolute Gasteiger partial charge is 0.291 e. The van der Waals surface area contributed by atoms with Crippen molar-refractivity contribution in [2.45, 2.75) is 52.0 Å². The van der Waals surface area contributed by atoms with Gasteiger partial charge < -0.3 is 0 Å². The third-order valence-electron chi connectivity index (χ3n) is 2.02. The molecule has 0 aromatic heterocycles. The Morgan fingerprint density at radius 2 is 1.70 bits per heavy atom. The monoisotopic (exact) mass is 139 g/mol. The number of hydrogen-bond donors (Lipinski definition) is 0. The van der Waals surface area contributed by atoms with Crippen LogP contribution >= 0.6 is 0 Å². The van der Waals surface area contributed by atoms with Gasteiger partial charge in [-0.1, -0.05) is 19.3 Å². The average Bonchev–Trinajstić information content (AvgIpc) is 1.88. The van der Waals surface area contributed by atoms with E-state index in [0.29, 0.717) is 6.04 Å². The van der Waals surface area contributed by atoms with Gasteiger partial charge >= 0.3 is 0 Å². The summed E-state index contributed by atoms with van der Waals surface area (Å²) in [5, 5.41) is 0. The van der Waals surface area contributed by atoms with Crippen molar-refractivity contribution < 1.29 is 0 Å². The molecule has 0 aromatic carbocycles. The summed E-state index contributed by atoms with van der Waals surface area (Å²) in [6.45, 7) is 4.18. The molecule has 1 aliphatic rings. The van der Waals surface area contributed by atoms with E-state index >= 15 is 0 Å². The number of rotatable bonds is 1. The van der Waals surface area contributed by atoms with E-state index in [0.717, 1.165) is 0 Å². The van der Waals surface area contributed by atoms with Crippen molar-refractivity contribution in [1.82, 2.24) is 0 Å². The second kappa shape index (κ2) is 3.75. The lowest BCUT2D eigenvalue weighted by atomic mass is 9.96. The molecule has 0 N–H and O–H groups in total. The van der Waals surface area contributed by atoms with Gasteiger partial charge in [-0.05, 0) is 26.7 Å². The molecular formula is C9H17N. The predicted octanol–water partition coefficient (Wildman–Crippen LogP) is 2.80. The van der Waals surface area contributed by atoms with Crippen LogP contribution in [0.2, 0.25) is 0 Å². The maximum Gasteiger partial charge on any atom is 0.0498 e. The van der Waals surface area contributed by atoms with Gasteiger partial charge in [0.2, 0.25) is 0 Å². The maximum atomic E-state index is 4.55. The van der Waals surface area contributed by atoms with Crippen LogP contribution in [0.3, 0.4) is 0 Å². The minimum Gasteiger partial charge on any atom is -0.291 e. The first-order chi connectivity index (χ1) is 4.79. The summed E-state index contributed by atoms with van der Waals surface area (Å²) in [7, 11) is 0. The van der Waals surface area contributed by atoms with E-state index in [1.165, 1.54) is 37.8 Å². The van der Waals surface area contributed by atoms with Gasteiger partial charge in [-0.3, -0.25) is 4.99 Å². The Balaban J connectivity index is 2.33. The molecule has 10 heavy (non-hydrogen) atoms. The summed E-state index contributed by atoms with van der Waals surface area (Å²) >= 11 is 0. The topological polar surface area (TPSA) is 12.4 Å². The molecule has 0 aliphatic heterocycles. The Morgan fingerprint density at radius 3 is 2.20 bits per heavy atom. The molecule has 0 unspecified atom stereocenters. The molecule has 0 atom stereocenters. The maximum absolute atomic E-state index is 4.55. The number of nitrogens with zero attached hydrogens (tertiary/aromatic N) is 1. The van der Waals surface area contributed by atoms with Crippen molar-refractivity contribution in [2.24, 2.45) is 4.99 Å². The minimum absolute atomic E-state index is 0.666. The molecule has 0 amide bonds. The first-order valence-electron chi connectivity index (χ1n) is 4.30. The van der Waals surface area contributed by atoms with Crippen molar-refractivity contribution in [2.75, 3.05) is 0 Å². The fourth-order valence-electron chi connectivity index (χ4n) is 1.58. The molecule has 0 radical (unpaired) electrons. The lowest BCUT2D eigenvalue weighted by molar-refractivity contribution is 0.443. The zero-order valence-corrected chi connectivity index (χ0v) is 7.06. The third kappa shape index (κ3) is 2.51. The van der Waals surface area contributed by atoms with Crippen molar-refractivity contribution in [3.05, 3.63) is 0 Å². The molecule has 1 saturated carbocycles. The molecule has 0 aromatic rings. The van der Waals surface area contributed by atoms with Gasteiger partial charge in [0.25, 0.3) is 0 Å². The van der Waals surface area contributed by atoms with E-state index in [1.807, 2.05) is 0 Å². The van der Waals surface area contributed by atoms with Crippen molar-refractivity contribution >= 4 is 5.71 Å². The minimum atomic E-state index is 0.666. The standard InChI is InChI=1S/C9H17N/c1-8(2)10-9-6-4-3-5-7-9/h9H,3-7H2,1-2H3. The van der Waals surface area contributed by atoms with E-state index in [2.05, 4.69) is 18.8 Å². The van der Waals surface area contributed by atoms with E-state index < -0.39 is 0 Å². The van der Waals surface area contributed by atoms with E-state index in [1.54, 1.807) is 0 Å². The highest BCUT2D eigenvalue weighted by molar-refractivity contribution is 5.79. The van der Waals surface area contributed by atoms with Crippen LogP contribution in [-0.2, 0) is 0 Å². The molecule has 0 spiro atoms. The van der Waals surface area contributed by atoms with E-state index in [4.69, 9.17) is 0 Å². The average molecular weight is 139 g/mol. The lowest BCUT2D eigenvalue weighted by Gasteiger charge is -2.17. The van der Waals surface area contributed by atoms with Crippen LogP contribution in [0, 0.1) is 0 Å². The molecular weight excluding hydrogens is 122 g/mol. The first-order valence-corrected chi connectivity index (χ1v) is 4.30. The van der Waals surface area contributed by atoms with Gasteiger partial charge in [-0.15, -0.1) is 0 Å². The Hall–Kier alpha value is -0.330. The zero-order chi connectivity index (χ0) is 7.40.